The van der Waals surface area contributed by atoms with Gasteiger partial charge in [0.15, 0.2) is 0 Å². The lowest BCUT2D eigenvalue weighted by molar-refractivity contribution is -0.152. The van der Waals surface area contributed by atoms with Crippen LogP contribution >= 0.6 is 15.9 Å². The summed E-state index contributed by atoms with van der Waals surface area (Å²) in [5, 5.41) is 2.30. The highest BCUT2D eigenvalue weighted by atomic mass is 79.9. The summed E-state index contributed by atoms with van der Waals surface area (Å²) >= 11 is 3.19. The summed E-state index contributed by atoms with van der Waals surface area (Å²) in [6, 6.07) is 4.68. The van der Waals surface area contributed by atoms with Crippen LogP contribution in [-0.4, -0.2) is 18.5 Å². The van der Waals surface area contributed by atoms with E-state index in [0.717, 1.165) is 0 Å². The Hall–Kier alpha value is -1.43. The molecule has 0 saturated heterocycles. The van der Waals surface area contributed by atoms with Crippen LogP contribution in [0.4, 0.5) is 10.1 Å². The van der Waals surface area contributed by atoms with Crippen LogP contribution in [0.1, 0.15) is 12.5 Å². The first-order valence-electron chi connectivity index (χ1n) is 4.91. The molecule has 1 aromatic carbocycles. The van der Waals surface area contributed by atoms with Crippen molar-refractivity contribution in [3.05, 3.63) is 28.2 Å². The zero-order chi connectivity index (χ0) is 12.8. The molecule has 4 nitrogen and oxygen atoms in total. The van der Waals surface area contributed by atoms with Gasteiger partial charge in [-0.25, -0.2) is 9.18 Å². The number of anilines is 1. The minimum atomic E-state index is -0.986. The Labute approximate surface area is 106 Å². The average Bonchev–Trinajstić information content (AvgIpc) is 2.31. The molecule has 0 aliphatic heterocycles. The molecule has 0 aromatic heterocycles. The Bertz CT molecular complexity index is 437. The molecule has 0 aliphatic carbocycles. The zero-order valence-corrected chi connectivity index (χ0v) is 10.7. The summed E-state index contributed by atoms with van der Waals surface area (Å²) in [6.07, 6.45) is 0. The molecule has 0 fully saturated rings. The summed E-state index contributed by atoms with van der Waals surface area (Å²) < 4.78 is 17.9. The van der Waals surface area contributed by atoms with Crippen molar-refractivity contribution in [3.63, 3.8) is 0 Å². The number of amides is 1. The van der Waals surface area contributed by atoms with Gasteiger partial charge in [-0.15, -0.1) is 0 Å². The number of alkyl halides is 1. The number of esters is 1. The van der Waals surface area contributed by atoms with Crippen molar-refractivity contribution >= 4 is 33.5 Å². The van der Waals surface area contributed by atoms with Crippen molar-refractivity contribution in [1.82, 2.24) is 0 Å². The maximum absolute atomic E-state index is 12.7. The third-order valence-corrected chi connectivity index (χ3v) is 2.41. The summed E-state index contributed by atoms with van der Waals surface area (Å²) in [5.41, 5.74) is 0.547. The lowest BCUT2D eigenvalue weighted by Gasteiger charge is -2.08. The lowest BCUT2D eigenvalue weighted by atomic mass is 10.2. The SMILES string of the molecule is CCOC(=O)C(=O)Nc1ccc(Br)cc1CF. The standard InChI is InChI=1S/C11H11BrFNO3/c1-2-17-11(16)10(15)14-9-4-3-8(12)5-7(9)6-13/h3-5H,2,6H2,1H3,(H,14,15). The van der Waals surface area contributed by atoms with Crippen LogP contribution in [0, 0.1) is 0 Å². The molecule has 0 spiro atoms. The molecule has 1 rings (SSSR count). The van der Waals surface area contributed by atoms with E-state index in [2.05, 4.69) is 26.0 Å². The highest BCUT2D eigenvalue weighted by molar-refractivity contribution is 9.10. The number of carbonyl (C=O) groups is 2. The highest BCUT2D eigenvalue weighted by Gasteiger charge is 2.16. The third-order valence-electron chi connectivity index (χ3n) is 1.92. The first-order valence-corrected chi connectivity index (χ1v) is 5.70. The topological polar surface area (TPSA) is 55.4 Å². The molecule has 6 heteroatoms. The van der Waals surface area contributed by atoms with Crippen LogP contribution in [0.15, 0.2) is 22.7 Å². The van der Waals surface area contributed by atoms with Crippen molar-refractivity contribution in [3.8, 4) is 0 Å². The minimum absolute atomic E-state index is 0.114. The fourth-order valence-corrected chi connectivity index (χ4v) is 1.57. The van der Waals surface area contributed by atoms with Crippen LogP contribution in [0.25, 0.3) is 0 Å². The van der Waals surface area contributed by atoms with Crippen LogP contribution in [-0.2, 0) is 21.0 Å². The summed E-state index contributed by atoms with van der Waals surface area (Å²) in [6.45, 7) is 0.970. The maximum atomic E-state index is 12.7. The van der Waals surface area contributed by atoms with Crippen LogP contribution in [0.5, 0.6) is 0 Å². The Morgan fingerprint density at radius 1 is 1.47 bits per heavy atom. The summed E-state index contributed by atoms with van der Waals surface area (Å²) in [4.78, 5) is 22.4. The van der Waals surface area contributed by atoms with Crippen molar-refractivity contribution in [2.24, 2.45) is 0 Å². The molecule has 1 amide bonds. The maximum Gasteiger partial charge on any atom is 0.397 e. The quantitative estimate of drug-likeness (QED) is 0.689. The molecule has 17 heavy (non-hydrogen) atoms. The van der Waals surface area contributed by atoms with Gasteiger partial charge in [0.1, 0.15) is 6.67 Å². The van der Waals surface area contributed by atoms with Crippen molar-refractivity contribution in [2.45, 2.75) is 13.6 Å². The molecule has 1 aromatic rings. The van der Waals surface area contributed by atoms with Crippen LogP contribution < -0.4 is 5.32 Å². The number of benzene rings is 1. The van der Waals surface area contributed by atoms with E-state index in [-0.39, 0.29) is 17.9 Å². The molecular formula is C11H11BrFNO3. The van der Waals surface area contributed by atoms with Gasteiger partial charge in [-0.2, -0.15) is 0 Å². The van der Waals surface area contributed by atoms with Gasteiger partial charge in [0.05, 0.1) is 6.61 Å². The van der Waals surface area contributed by atoms with Gasteiger partial charge in [-0.1, -0.05) is 15.9 Å². The van der Waals surface area contributed by atoms with E-state index in [0.29, 0.717) is 4.47 Å². The molecule has 92 valence electrons. The number of halogens is 2. The normalized spacial score (nSPS) is 9.82. The van der Waals surface area contributed by atoms with Gasteiger partial charge in [0.2, 0.25) is 0 Å². The van der Waals surface area contributed by atoms with Crippen molar-refractivity contribution in [1.29, 1.82) is 0 Å². The number of rotatable bonds is 3. The van der Waals surface area contributed by atoms with Gasteiger partial charge in [0, 0.05) is 15.7 Å². The van der Waals surface area contributed by atoms with Gasteiger partial charge >= 0.3 is 11.9 Å². The van der Waals surface area contributed by atoms with Gasteiger partial charge in [0.25, 0.3) is 0 Å². The van der Waals surface area contributed by atoms with Crippen molar-refractivity contribution < 1.29 is 18.7 Å². The second-order valence-corrected chi connectivity index (χ2v) is 4.03. The van der Waals surface area contributed by atoms with Gasteiger partial charge < -0.3 is 10.1 Å². The average molecular weight is 304 g/mol. The number of ether oxygens (including phenoxy) is 1. The van der Waals surface area contributed by atoms with E-state index in [1.165, 1.54) is 12.1 Å². The number of hydrogen-bond donors (Lipinski definition) is 1. The van der Waals surface area contributed by atoms with Gasteiger partial charge in [-0.3, -0.25) is 4.79 Å². The number of hydrogen-bond acceptors (Lipinski definition) is 3. The fraction of sp³-hybridized carbons (Fsp3) is 0.273. The third kappa shape index (κ3) is 3.81. The second kappa shape index (κ2) is 6.34. The molecule has 0 heterocycles. The second-order valence-electron chi connectivity index (χ2n) is 3.11. The molecule has 0 bridgehead atoms. The monoisotopic (exact) mass is 303 g/mol. The van der Waals surface area contributed by atoms with E-state index < -0.39 is 18.6 Å². The predicted octanol–water partition coefficient (Wildman–Crippen LogP) is 2.42. The van der Waals surface area contributed by atoms with E-state index in [1.54, 1.807) is 13.0 Å². The van der Waals surface area contributed by atoms with Gasteiger partial charge in [-0.05, 0) is 25.1 Å². The minimum Gasteiger partial charge on any atom is -0.459 e. The van der Waals surface area contributed by atoms with Crippen molar-refractivity contribution in [2.75, 3.05) is 11.9 Å². The number of carbonyl (C=O) groups excluding carboxylic acids is 2. The molecular weight excluding hydrogens is 293 g/mol. The van der Waals surface area contributed by atoms with E-state index in [4.69, 9.17) is 0 Å². The molecule has 0 radical (unpaired) electrons. The smallest absolute Gasteiger partial charge is 0.397 e. The number of nitrogens with one attached hydrogen (secondary N) is 1. The molecule has 0 aliphatic rings. The fourth-order valence-electron chi connectivity index (χ4n) is 1.16. The zero-order valence-electron chi connectivity index (χ0n) is 9.13. The molecule has 0 unspecified atom stereocenters. The summed E-state index contributed by atoms with van der Waals surface area (Å²) in [5.74, 6) is -1.90. The predicted molar refractivity (Wildman–Crippen MR) is 64.2 cm³/mol. The Kier molecular flexibility index (Phi) is 5.09. The van der Waals surface area contributed by atoms with E-state index in [1.807, 2.05) is 0 Å². The van der Waals surface area contributed by atoms with Crippen LogP contribution in [0.3, 0.4) is 0 Å². The molecule has 0 saturated carbocycles. The lowest BCUT2D eigenvalue weighted by Crippen LogP contribution is -2.25. The first kappa shape index (κ1) is 13.6. The van der Waals surface area contributed by atoms with E-state index in [9.17, 15) is 14.0 Å². The molecule has 0 atom stereocenters. The summed E-state index contributed by atoms with van der Waals surface area (Å²) in [7, 11) is 0. The highest BCUT2D eigenvalue weighted by Crippen LogP contribution is 2.21. The van der Waals surface area contributed by atoms with E-state index >= 15 is 0 Å². The van der Waals surface area contributed by atoms with Crippen LogP contribution in [0.2, 0.25) is 0 Å². The first-order chi connectivity index (χ1) is 8.08. The Morgan fingerprint density at radius 2 is 2.18 bits per heavy atom. The molecule has 1 N–H and O–H groups in total. The largest absolute Gasteiger partial charge is 0.459 e. The Morgan fingerprint density at radius 3 is 2.76 bits per heavy atom. The Balaban J connectivity index is 2.81.